The molecule has 1 aliphatic rings. The zero-order valence-electron chi connectivity index (χ0n) is 9.93. The second-order valence-corrected chi connectivity index (χ2v) is 5.21. The van der Waals surface area contributed by atoms with Gasteiger partial charge in [0.2, 0.25) is 0 Å². The summed E-state index contributed by atoms with van der Waals surface area (Å²) >= 11 is 0. The van der Waals surface area contributed by atoms with Crippen molar-refractivity contribution in [2.75, 3.05) is 0 Å². The Kier molecular flexibility index (Phi) is 3.62. The van der Waals surface area contributed by atoms with E-state index in [9.17, 15) is 20.1 Å². The number of carbonyl (C=O) groups excluding carboxylic acids is 1. The number of ether oxygens (including phenoxy) is 1. The minimum atomic E-state index is -1.19. The van der Waals surface area contributed by atoms with Gasteiger partial charge in [0.25, 0.3) is 0 Å². The van der Waals surface area contributed by atoms with Crippen molar-refractivity contribution in [3.05, 3.63) is 0 Å². The Morgan fingerprint density at radius 2 is 2.19 bits per heavy atom. The van der Waals surface area contributed by atoms with Crippen LogP contribution in [0.15, 0.2) is 0 Å². The molecule has 0 radical (unpaired) electrons. The summed E-state index contributed by atoms with van der Waals surface area (Å²) in [6, 6.07) is 0. The second-order valence-electron chi connectivity index (χ2n) is 5.21. The number of hydrogen-bond acceptors (Lipinski definition) is 5. The van der Waals surface area contributed by atoms with Crippen LogP contribution < -0.4 is 0 Å². The van der Waals surface area contributed by atoms with Gasteiger partial charge in [-0.2, -0.15) is 0 Å². The summed E-state index contributed by atoms with van der Waals surface area (Å²) in [6.45, 7) is 4.66. The molecule has 0 unspecified atom stereocenters. The van der Waals surface area contributed by atoms with Crippen LogP contribution >= 0.6 is 0 Å². The number of rotatable bonds is 4. The first-order chi connectivity index (χ1) is 7.15. The van der Waals surface area contributed by atoms with Crippen LogP contribution in [0, 0.1) is 0 Å². The fraction of sp³-hybridized carbons (Fsp3) is 0.909. The molecule has 1 heterocycles. The van der Waals surface area contributed by atoms with Crippen LogP contribution in [-0.2, 0) is 9.53 Å². The third-order valence-corrected chi connectivity index (χ3v) is 3.14. The van der Waals surface area contributed by atoms with E-state index < -0.39 is 29.4 Å². The number of hydrogen-bond donors (Lipinski definition) is 3. The van der Waals surface area contributed by atoms with E-state index in [-0.39, 0.29) is 12.8 Å². The summed E-state index contributed by atoms with van der Waals surface area (Å²) in [4.78, 5) is 11.0. The van der Waals surface area contributed by atoms with Crippen LogP contribution in [-0.4, -0.2) is 44.7 Å². The number of aliphatic hydroxyl groups excluding tert-OH is 2. The average Bonchev–Trinajstić information content (AvgIpc) is 2.35. The van der Waals surface area contributed by atoms with Crippen molar-refractivity contribution in [1.82, 2.24) is 0 Å². The summed E-state index contributed by atoms with van der Waals surface area (Å²) in [6.07, 6.45) is -1.16. The molecule has 1 rings (SSSR count). The molecule has 0 bridgehead atoms. The molecule has 1 aliphatic heterocycles. The van der Waals surface area contributed by atoms with E-state index in [0.29, 0.717) is 6.42 Å². The first-order valence-corrected chi connectivity index (χ1v) is 5.45. The van der Waals surface area contributed by atoms with Gasteiger partial charge < -0.3 is 20.1 Å². The molecule has 0 amide bonds. The van der Waals surface area contributed by atoms with Gasteiger partial charge in [-0.1, -0.05) is 0 Å². The Bertz CT molecular complexity index is 270. The van der Waals surface area contributed by atoms with Crippen LogP contribution in [0.25, 0.3) is 0 Å². The topological polar surface area (TPSA) is 87.0 Å². The number of aliphatic hydroxyl groups is 3. The van der Waals surface area contributed by atoms with Crippen molar-refractivity contribution in [3.8, 4) is 0 Å². The molecule has 0 spiro atoms. The fourth-order valence-corrected chi connectivity index (χ4v) is 1.74. The van der Waals surface area contributed by atoms with Crippen molar-refractivity contribution in [1.29, 1.82) is 0 Å². The summed E-state index contributed by atoms with van der Waals surface area (Å²) in [7, 11) is 0. The molecule has 1 saturated heterocycles. The molecule has 94 valence electrons. The fourth-order valence-electron chi connectivity index (χ4n) is 1.74. The molecular weight excluding hydrogens is 212 g/mol. The van der Waals surface area contributed by atoms with E-state index in [0.717, 1.165) is 0 Å². The molecule has 0 aromatic heterocycles. The van der Waals surface area contributed by atoms with Gasteiger partial charge in [0.15, 0.2) is 0 Å². The third-order valence-electron chi connectivity index (χ3n) is 3.14. The number of cyclic esters (lactones) is 1. The summed E-state index contributed by atoms with van der Waals surface area (Å²) < 4.78 is 5.04. The normalized spacial score (nSPS) is 32.6. The van der Waals surface area contributed by atoms with Crippen molar-refractivity contribution >= 4 is 5.97 Å². The highest BCUT2D eigenvalue weighted by Gasteiger charge is 2.45. The lowest BCUT2D eigenvalue weighted by atomic mass is 9.88. The van der Waals surface area contributed by atoms with Crippen LogP contribution in [0.3, 0.4) is 0 Å². The van der Waals surface area contributed by atoms with Gasteiger partial charge in [0.1, 0.15) is 11.7 Å². The molecule has 0 aromatic carbocycles. The zero-order chi connectivity index (χ0) is 12.6. The van der Waals surface area contributed by atoms with Crippen LogP contribution in [0.5, 0.6) is 0 Å². The Hall–Kier alpha value is -0.650. The van der Waals surface area contributed by atoms with E-state index in [1.165, 1.54) is 13.8 Å². The highest BCUT2D eigenvalue weighted by atomic mass is 16.6. The van der Waals surface area contributed by atoms with Crippen LogP contribution in [0.4, 0.5) is 0 Å². The van der Waals surface area contributed by atoms with Gasteiger partial charge >= 0.3 is 5.97 Å². The minimum Gasteiger partial charge on any atom is -0.457 e. The van der Waals surface area contributed by atoms with Crippen molar-refractivity contribution < 1.29 is 24.9 Å². The molecule has 5 nitrogen and oxygen atoms in total. The molecule has 16 heavy (non-hydrogen) atoms. The Morgan fingerprint density at radius 3 is 2.56 bits per heavy atom. The summed E-state index contributed by atoms with van der Waals surface area (Å²) in [5, 5.41) is 28.8. The van der Waals surface area contributed by atoms with Gasteiger partial charge in [-0.3, -0.25) is 4.79 Å². The predicted octanol–water partition coefficient (Wildman–Crippen LogP) is -0.0351. The standard InChI is InChI=1S/C11H20O5/c1-10(2,15)7(12)4-5-11(3)8(13)6-9(14)16-11/h7-8,12-13,15H,4-6H2,1-3H3/t7-,8-,11+/m1/s1. The second kappa shape index (κ2) is 4.31. The maximum absolute atomic E-state index is 11.0. The molecule has 1 fully saturated rings. The van der Waals surface area contributed by atoms with Crippen LogP contribution in [0.2, 0.25) is 0 Å². The Morgan fingerprint density at radius 1 is 1.62 bits per heavy atom. The van der Waals surface area contributed by atoms with Gasteiger partial charge in [-0.05, 0) is 33.6 Å². The summed E-state index contributed by atoms with van der Waals surface area (Å²) in [5.74, 6) is -0.423. The monoisotopic (exact) mass is 232 g/mol. The van der Waals surface area contributed by atoms with Crippen molar-refractivity contribution in [2.45, 2.75) is 63.4 Å². The van der Waals surface area contributed by atoms with Crippen molar-refractivity contribution in [3.63, 3.8) is 0 Å². The molecule has 3 N–H and O–H groups in total. The highest BCUT2D eigenvalue weighted by Crippen LogP contribution is 2.32. The van der Waals surface area contributed by atoms with E-state index >= 15 is 0 Å². The average molecular weight is 232 g/mol. The molecular formula is C11H20O5. The lowest BCUT2D eigenvalue weighted by Gasteiger charge is -2.30. The molecule has 5 heteroatoms. The maximum Gasteiger partial charge on any atom is 0.309 e. The first-order valence-electron chi connectivity index (χ1n) is 5.45. The van der Waals surface area contributed by atoms with Gasteiger partial charge in [-0.25, -0.2) is 0 Å². The van der Waals surface area contributed by atoms with E-state index in [1.807, 2.05) is 0 Å². The maximum atomic E-state index is 11.0. The lowest BCUT2D eigenvalue weighted by molar-refractivity contribution is -0.151. The smallest absolute Gasteiger partial charge is 0.309 e. The quantitative estimate of drug-likeness (QED) is 0.592. The Balaban J connectivity index is 2.52. The molecule has 0 aliphatic carbocycles. The zero-order valence-corrected chi connectivity index (χ0v) is 9.93. The third kappa shape index (κ3) is 2.93. The summed E-state index contributed by atoms with van der Waals surface area (Å²) in [5.41, 5.74) is -2.13. The van der Waals surface area contributed by atoms with Gasteiger partial charge in [0, 0.05) is 0 Å². The van der Waals surface area contributed by atoms with Gasteiger partial charge in [-0.15, -0.1) is 0 Å². The largest absolute Gasteiger partial charge is 0.457 e. The van der Waals surface area contributed by atoms with Crippen LogP contribution in [0.1, 0.15) is 40.0 Å². The van der Waals surface area contributed by atoms with Crippen molar-refractivity contribution in [2.24, 2.45) is 0 Å². The van der Waals surface area contributed by atoms with E-state index in [1.54, 1.807) is 6.92 Å². The predicted molar refractivity (Wildman–Crippen MR) is 56.7 cm³/mol. The SMILES string of the molecule is CC(C)(O)[C@H](O)CC[C@]1(C)OC(=O)C[C@H]1O. The lowest BCUT2D eigenvalue weighted by Crippen LogP contribution is -2.41. The highest BCUT2D eigenvalue weighted by molar-refractivity contribution is 5.73. The van der Waals surface area contributed by atoms with E-state index in [4.69, 9.17) is 4.74 Å². The first kappa shape index (κ1) is 13.4. The minimum absolute atomic E-state index is 0.00485. The molecule has 0 aromatic rings. The van der Waals surface area contributed by atoms with E-state index in [2.05, 4.69) is 0 Å². The molecule has 0 saturated carbocycles. The van der Waals surface area contributed by atoms with Gasteiger partial charge in [0.05, 0.1) is 18.1 Å². The Labute approximate surface area is 95.0 Å². The number of carbonyl (C=O) groups is 1. The number of esters is 1. The molecule has 3 atom stereocenters.